The first-order valence-electron chi connectivity index (χ1n) is 7.27. The zero-order valence-corrected chi connectivity index (χ0v) is 13.4. The molecule has 6 heteroatoms. The predicted molar refractivity (Wildman–Crippen MR) is 93.8 cm³/mol. The van der Waals surface area contributed by atoms with Crippen LogP contribution in [0.4, 0.5) is 11.4 Å². The van der Waals surface area contributed by atoms with E-state index in [4.69, 9.17) is 11.6 Å². The van der Waals surface area contributed by atoms with Gasteiger partial charge in [0.1, 0.15) is 6.67 Å². The minimum Gasteiger partial charge on any atom is -0.329 e. The fraction of sp³-hybridized carbons (Fsp3) is 0.176. The van der Waals surface area contributed by atoms with Gasteiger partial charge >= 0.3 is 0 Å². The van der Waals surface area contributed by atoms with Crippen LogP contribution in [0.25, 0.3) is 0 Å². The van der Waals surface area contributed by atoms with Crippen molar-refractivity contribution in [2.45, 2.75) is 13.0 Å². The molecule has 2 aromatic carbocycles. The second-order valence-electron chi connectivity index (χ2n) is 5.32. The van der Waals surface area contributed by atoms with Crippen LogP contribution in [-0.4, -0.2) is 23.8 Å². The van der Waals surface area contributed by atoms with E-state index in [2.05, 4.69) is 15.7 Å². The van der Waals surface area contributed by atoms with Crippen molar-refractivity contribution in [2.24, 2.45) is 4.99 Å². The summed E-state index contributed by atoms with van der Waals surface area (Å²) >= 11 is 6.04. The van der Waals surface area contributed by atoms with Crippen molar-refractivity contribution in [3.8, 4) is 0 Å². The van der Waals surface area contributed by atoms with Gasteiger partial charge in [-0.15, -0.1) is 0 Å². The average Bonchev–Trinajstić information content (AvgIpc) is 2.88. The molecule has 0 bridgehead atoms. The van der Waals surface area contributed by atoms with Crippen LogP contribution < -0.4 is 10.7 Å². The number of nitrogens with zero attached hydrogens (tertiary/aromatic N) is 2. The van der Waals surface area contributed by atoms with E-state index in [0.29, 0.717) is 18.1 Å². The highest BCUT2D eigenvalue weighted by molar-refractivity contribution is 6.30. The SMILES string of the molecule is CC1=NCN(Nc2cccc(Cl)c2)C1c1cccc(NC=O)c1. The Hall–Kier alpha value is -2.37. The molecule has 2 N–H and O–H groups in total. The Morgan fingerprint density at radius 1 is 1.22 bits per heavy atom. The Kier molecular flexibility index (Phi) is 4.60. The van der Waals surface area contributed by atoms with Gasteiger partial charge in [-0.05, 0) is 42.8 Å². The fourth-order valence-corrected chi connectivity index (χ4v) is 2.88. The van der Waals surface area contributed by atoms with Crippen LogP contribution in [0.5, 0.6) is 0 Å². The van der Waals surface area contributed by atoms with Crippen molar-refractivity contribution >= 4 is 35.1 Å². The molecule has 0 aliphatic carbocycles. The lowest BCUT2D eigenvalue weighted by Gasteiger charge is -2.26. The first-order valence-corrected chi connectivity index (χ1v) is 7.65. The Balaban J connectivity index is 1.84. The smallest absolute Gasteiger partial charge is 0.211 e. The maximum absolute atomic E-state index is 10.6. The van der Waals surface area contributed by atoms with E-state index in [-0.39, 0.29) is 6.04 Å². The summed E-state index contributed by atoms with van der Waals surface area (Å²) < 4.78 is 0. The van der Waals surface area contributed by atoms with E-state index in [9.17, 15) is 4.79 Å². The van der Waals surface area contributed by atoms with Gasteiger partial charge in [0, 0.05) is 16.4 Å². The largest absolute Gasteiger partial charge is 0.329 e. The van der Waals surface area contributed by atoms with E-state index in [1.165, 1.54) is 0 Å². The number of anilines is 2. The molecule has 0 saturated carbocycles. The molecule has 23 heavy (non-hydrogen) atoms. The molecule has 0 spiro atoms. The minimum atomic E-state index is 0.00221. The predicted octanol–water partition coefficient (Wildman–Crippen LogP) is 3.71. The molecule has 1 aliphatic heterocycles. The molecule has 118 valence electrons. The van der Waals surface area contributed by atoms with Crippen molar-refractivity contribution in [1.82, 2.24) is 5.01 Å². The Morgan fingerprint density at radius 3 is 2.78 bits per heavy atom. The maximum atomic E-state index is 10.6. The van der Waals surface area contributed by atoms with E-state index < -0.39 is 0 Å². The molecule has 1 unspecified atom stereocenters. The molecular weight excluding hydrogens is 312 g/mol. The topological polar surface area (TPSA) is 56.7 Å². The average molecular weight is 329 g/mol. The van der Waals surface area contributed by atoms with E-state index in [0.717, 1.165) is 22.6 Å². The molecule has 5 nitrogen and oxygen atoms in total. The molecule has 1 atom stereocenters. The van der Waals surface area contributed by atoms with Crippen molar-refractivity contribution in [2.75, 3.05) is 17.4 Å². The van der Waals surface area contributed by atoms with Gasteiger partial charge in [0.25, 0.3) is 0 Å². The summed E-state index contributed by atoms with van der Waals surface area (Å²) in [5.74, 6) is 0. The second kappa shape index (κ2) is 6.81. The molecule has 1 amide bonds. The van der Waals surface area contributed by atoms with Crippen LogP contribution >= 0.6 is 11.6 Å². The lowest BCUT2D eigenvalue weighted by molar-refractivity contribution is -0.105. The number of rotatable bonds is 5. The second-order valence-corrected chi connectivity index (χ2v) is 5.76. The number of aliphatic imine (C=N–C) groups is 1. The molecule has 0 radical (unpaired) electrons. The summed E-state index contributed by atoms with van der Waals surface area (Å²) in [7, 11) is 0. The van der Waals surface area contributed by atoms with Crippen LogP contribution in [0.3, 0.4) is 0 Å². The number of halogens is 1. The highest BCUT2D eigenvalue weighted by atomic mass is 35.5. The molecule has 2 aromatic rings. The van der Waals surface area contributed by atoms with Gasteiger partial charge in [-0.2, -0.15) is 5.01 Å². The number of hydrogen-bond acceptors (Lipinski definition) is 4. The number of carbonyl (C=O) groups excluding carboxylic acids is 1. The number of hydrazine groups is 1. The zero-order chi connectivity index (χ0) is 16.2. The maximum Gasteiger partial charge on any atom is 0.211 e. The number of amides is 1. The van der Waals surface area contributed by atoms with Gasteiger partial charge in [-0.3, -0.25) is 9.79 Å². The van der Waals surface area contributed by atoms with Crippen molar-refractivity contribution < 1.29 is 4.79 Å². The van der Waals surface area contributed by atoms with Crippen LogP contribution in [0.1, 0.15) is 18.5 Å². The summed E-state index contributed by atoms with van der Waals surface area (Å²) in [5.41, 5.74) is 7.11. The third kappa shape index (κ3) is 3.52. The molecule has 0 aromatic heterocycles. The van der Waals surface area contributed by atoms with Crippen LogP contribution in [0, 0.1) is 0 Å². The Morgan fingerprint density at radius 2 is 2.00 bits per heavy atom. The van der Waals surface area contributed by atoms with Crippen molar-refractivity contribution in [3.05, 3.63) is 59.1 Å². The standard InChI is InChI=1S/C17H17ClN4O/c1-12-17(13-4-2-6-15(8-13)20-11-23)22(10-19-12)21-16-7-3-5-14(18)9-16/h2-9,11,17,21H,10H2,1H3,(H,20,23). The number of nitrogens with one attached hydrogen (secondary N) is 2. The number of hydrogen-bond donors (Lipinski definition) is 2. The van der Waals surface area contributed by atoms with Crippen LogP contribution in [0.2, 0.25) is 5.02 Å². The van der Waals surface area contributed by atoms with Crippen molar-refractivity contribution in [1.29, 1.82) is 0 Å². The normalized spacial score (nSPS) is 17.7. The zero-order valence-electron chi connectivity index (χ0n) is 12.7. The van der Waals surface area contributed by atoms with Crippen LogP contribution in [-0.2, 0) is 4.79 Å². The quantitative estimate of drug-likeness (QED) is 0.823. The monoisotopic (exact) mass is 328 g/mol. The highest BCUT2D eigenvalue weighted by Crippen LogP contribution is 2.29. The van der Waals surface area contributed by atoms with E-state index in [1.807, 2.05) is 60.5 Å². The molecule has 0 saturated heterocycles. The first-order chi connectivity index (χ1) is 11.2. The van der Waals surface area contributed by atoms with Gasteiger partial charge in [-0.1, -0.05) is 29.8 Å². The number of carbonyl (C=O) groups is 1. The third-order valence-electron chi connectivity index (χ3n) is 3.71. The van der Waals surface area contributed by atoms with Gasteiger partial charge in [0.05, 0.1) is 11.7 Å². The molecular formula is C17H17ClN4O. The number of benzene rings is 2. The van der Waals surface area contributed by atoms with E-state index in [1.54, 1.807) is 0 Å². The minimum absolute atomic E-state index is 0.00221. The summed E-state index contributed by atoms with van der Waals surface area (Å²) in [5, 5.41) is 5.41. The Labute approximate surface area is 139 Å². The fourth-order valence-electron chi connectivity index (χ4n) is 2.69. The van der Waals surface area contributed by atoms with Gasteiger partial charge in [-0.25, -0.2) is 0 Å². The summed E-state index contributed by atoms with van der Waals surface area (Å²) in [6.45, 7) is 2.55. The Bertz CT molecular complexity index is 747. The van der Waals surface area contributed by atoms with Gasteiger partial charge in [0.2, 0.25) is 6.41 Å². The van der Waals surface area contributed by atoms with Crippen LogP contribution in [0.15, 0.2) is 53.5 Å². The molecule has 3 rings (SSSR count). The lowest BCUT2D eigenvalue weighted by atomic mass is 10.0. The highest BCUT2D eigenvalue weighted by Gasteiger charge is 2.28. The van der Waals surface area contributed by atoms with Crippen molar-refractivity contribution in [3.63, 3.8) is 0 Å². The third-order valence-corrected chi connectivity index (χ3v) is 3.94. The molecule has 0 fully saturated rings. The molecule has 1 aliphatic rings. The lowest BCUT2D eigenvalue weighted by Crippen LogP contribution is -2.32. The molecule has 1 heterocycles. The summed E-state index contributed by atoms with van der Waals surface area (Å²) in [6.07, 6.45) is 0.677. The summed E-state index contributed by atoms with van der Waals surface area (Å²) in [4.78, 5) is 15.2. The summed E-state index contributed by atoms with van der Waals surface area (Å²) in [6, 6.07) is 15.3. The van der Waals surface area contributed by atoms with E-state index >= 15 is 0 Å². The van der Waals surface area contributed by atoms with Gasteiger partial charge in [0.15, 0.2) is 0 Å². The first kappa shape index (κ1) is 15.5. The van der Waals surface area contributed by atoms with Gasteiger partial charge < -0.3 is 10.7 Å².